The number of carbonyl (C=O) groups is 1. The molecule has 0 bridgehead atoms. The van der Waals surface area contributed by atoms with Crippen LogP contribution in [0.4, 0.5) is 4.39 Å². The van der Waals surface area contributed by atoms with Crippen molar-refractivity contribution in [2.45, 2.75) is 18.1 Å². The highest BCUT2D eigenvalue weighted by atomic mass is 32.2. The molecule has 1 amide bonds. The van der Waals surface area contributed by atoms with E-state index in [-0.39, 0.29) is 43.2 Å². The van der Waals surface area contributed by atoms with Gasteiger partial charge in [-0.3, -0.25) is 9.78 Å². The number of halogens is 1. The van der Waals surface area contributed by atoms with Gasteiger partial charge >= 0.3 is 0 Å². The molecule has 5 nitrogen and oxygen atoms in total. The van der Waals surface area contributed by atoms with E-state index in [2.05, 4.69) is 4.98 Å². The van der Waals surface area contributed by atoms with E-state index in [0.29, 0.717) is 0 Å². The van der Waals surface area contributed by atoms with Crippen LogP contribution in [-0.2, 0) is 21.1 Å². The maximum Gasteiger partial charge on any atom is 0.227 e. The average molecular weight is 362 g/mol. The van der Waals surface area contributed by atoms with Crippen LogP contribution < -0.4 is 0 Å². The lowest BCUT2D eigenvalue weighted by molar-refractivity contribution is -0.130. The van der Waals surface area contributed by atoms with Crippen LogP contribution in [0.1, 0.15) is 22.8 Å². The largest absolute Gasteiger partial charge is 0.341 e. The van der Waals surface area contributed by atoms with E-state index in [1.165, 1.54) is 18.2 Å². The van der Waals surface area contributed by atoms with Gasteiger partial charge in [-0.2, -0.15) is 0 Å². The van der Waals surface area contributed by atoms with Crippen LogP contribution in [0.15, 0.2) is 48.8 Å². The second kappa shape index (κ2) is 7.31. The third-order valence-electron chi connectivity index (χ3n) is 4.42. The fourth-order valence-electron chi connectivity index (χ4n) is 3.07. The van der Waals surface area contributed by atoms with Crippen LogP contribution in [0.3, 0.4) is 0 Å². The fourth-order valence-corrected chi connectivity index (χ4v) is 4.87. The normalized spacial score (nSPS) is 20.0. The van der Waals surface area contributed by atoms with Gasteiger partial charge in [-0.05, 0) is 24.1 Å². The second-order valence-electron chi connectivity index (χ2n) is 6.08. The maximum atomic E-state index is 14.0. The number of hydrogen-bond donors (Lipinski definition) is 0. The highest BCUT2D eigenvalue weighted by Gasteiger charge is 2.34. The Labute approximate surface area is 146 Å². The number of nitrogens with zero attached hydrogens (tertiary/aromatic N) is 2. The van der Waals surface area contributed by atoms with Crippen LogP contribution >= 0.6 is 0 Å². The molecule has 25 heavy (non-hydrogen) atoms. The summed E-state index contributed by atoms with van der Waals surface area (Å²) in [5.41, 5.74) is 0.967. The Hall–Kier alpha value is -2.28. The minimum Gasteiger partial charge on any atom is -0.341 e. The summed E-state index contributed by atoms with van der Waals surface area (Å²) in [5, 5.41) is -0.912. The molecule has 1 saturated heterocycles. The number of amides is 1. The predicted octanol–water partition coefficient (Wildman–Crippen LogP) is 2.15. The molecule has 1 aliphatic heterocycles. The quantitative estimate of drug-likeness (QED) is 0.839. The fraction of sp³-hybridized carbons (Fsp3) is 0.333. The van der Waals surface area contributed by atoms with Crippen LogP contribution in [0.5, 0.6) is 0 Å². The van der Waals surface area contributed by atoms with E-state index < -0.39 is 20.9 Å². The predicted molar refractivity (Wildman–Crippen MR) is 92.1 cm³/mol. The molecule has 2 heterocycles. The summed E-state index contributed by atoms with van der Waals surface area (Å²) in [6.45, 7) is 0.420. The number of rotatable bonds is 3. The smallest absolute Gasteiger partial charge is 0.227 e. The Morgan fingerprint density at radius 1 is 1.20 bits per heavy atom. The lowest BCUT2D eigenvalue weighted by Gasteiger charge is -2.20. The molecule has 1 fully saturated rings. The molecule has 0 unspecified atom stereocenters. The zero-order valence-corrected chi connectivity index (χ0v) is 14.5. The van der Waals surface area contributed by atoms with E-state index in [1.54, 1.807) is 29.4 Å². The summed E-state index contributed by atoms with van der Waals surface area (Å²) < 4.78 is 39.2. The molecule has 0 aliphatic carbocycles. The first kappa shape index (κ1) is 17.5. The lowest BCUT2D eigenvalue weighted by atomic mass is 10.1. The van der Waals surface area contributed by atoms with Gasteiger partial charge in [0.05, 0.1) is 17.4 Å². The van der Waals surface area contributed by atoms with Gasteiger partial charge < -0.3 is 4.90 Å². The van der Waals surface area contributed by atoms with Gasteiger partial charge in [0.1, 0.15) is 5.82 Å². The highest BCUT2D eigenvalue weighted by Crippen LogP contribution is 2.31. The molecule has 1 aliphatic rings. The van der Waals surface area contributed by atoms with Crippen molar-refractivity contribution < 1.29 is 17.6 Å². The topological polar surface area (TPSA) is 67.3 Å². The molecule has 0 N–H and O–H groups in total. The van der Waals surface area contributed by atoms with Crippen LogP contribution in [0.25, 0.3) is 0 Å². The Morgan fingerprint density at radius 3 is 2.72 bits per heavy atom. The van der Waals surface area contributed by atoms with Crippen LogP contribution in [-0.4, -0.2) is 43.1 Å². The Balaban J connectivity index is 1.76. The molecule has 1 aromatic carbocycles. The van der Waals surface area contributed by atoms with Gasteiger partial charge in [-0.15, -0.1) is 0 Å². The van der Waals surface area contributed by atoms with Gasteiger partial charge in [0, 0.05) is 31.0 Å². The van der Waals surface area contributed by atoms with Crippen LogP contribution in [0, 0.1) is 5.82 Å². The molecule has 132 valence electrons. The third kappa shape index (κ3) is 4.04. The number of hydrogen-bond acceptors (Lipinski definition) is 4. The summed E-state index contributed by atoms with van der Waals surface area (Å²) in [6.07, 6.45) is 3.63. The molecule has 1 aromatic heterocycles. The number of benzene rings is 1. The standard InChI is InChI=1S/C18H19FN2O3S/c19-16-6-2-1-5-15(16)17-7-9-21(10-11-25(17,23)24)18(22)12-14-4-3-8-20-13-14/h1-6,8,13,17H,7,9-12H2/t17-/m1/s1. The van der Waals surface area contributed by atoms with Crippen LogP contribution in [0.2, 0.25) is 0 Å². The molecule has 7 heteroatoms. The molecular formula is C18H19FN2O3S. The number of pyridine rings is 1. The van der Waals surface area contributed by atoms with Gasteiger partial charge in [0.25, 0.3) is 0 Å². The SMILES string of the molecule is O=C(Cc1cccnc1)N1CC[C@H](c2ccccc2F)S(=O)(=O)CC1. The lowest BCUT2D eigenvalue weighted by Crippen LogP contribution is -2.34. The zero-order valence-electron chi connectivity index (χ0n) is 13.6. The Bertz CT molecular complexity index is 856. The molecule has 1 atom stereocenters. The highest BCUT2D eigenvalue weighted by molar-refractivity contribution is 7.91. The molecule has 0 saturated carbocycles. The van der Waals surface area contributed by atoms with Gasteiger partial charge in [0.2, 0.25) is 5.91 Å². The summed E-state index contributed by atoms with van der Waals surface area (Å²) in [4.78, 5) is 18.0. The van der Waals surface area contributed by atoms with E-state index in [1.807, 2.05) is 6.07 Å². The second-order valence-corrected chi connectivity index (χ2v) is 8.39. The van der Waals surface area contributed by atoms with Crippen molar-refractivity contribution in [3.63, 3.8) is 0 Å². The first-order chi connectivity index (χ1) is 12.0. The van der Waals surface area contributed by atoms with E-state index in [9.17, 15) is 17.6 Å². The number of aromatic nitrogens is 1. The first-order valence-corrected chi connectivity index (χ1v) is 9.81. The Morgan fingerprint density at radius 2 is 2.00 bits per heavy atom. The van der Waals surface area contributed by atoms with Gasteiger partial charge in [0.15, 0.2) is 9.84 Å². The van der Waals surface area contributed by atoms with Crippen molar-refractivity contribution in [1.29, 1.82) is 0 Å². The summed E-state index contributed by atoms with van der Waals surface area (Å²) >= 11 is 0. The minimum absolute atomic E-state index is 0.131. The first-order valence-electron chi connectivity index (χ1n) is 8.10. The van der Waals surface area contributed by atoms with Crippen molar-refractivity contribution >= 4 is 15.7 Å². The summed E-state index contributed by atoms with van der Waals surface area (Å²) in [5.74, 6) is -0.825. The molecule has 3 rings (SSSR count). The molecular weight excluding hydrogens is 343 g/mol. The van der Waals surface area contributed by atoms with Crippen molar-refractivity contribution in [3.05, 3.63) is 65.7 Å². The van der Waals surface area contributed by atoms with Crippen molar-refractivity contribution in [2.24, 2.45) is 0 Å². The van der Waals surface area contributed by atoms with E-state index in [4.69, 9.17) is 0 Å². The third-order valence-corrected chi connectivity index (χ3v) is 6.53. The van der Waals surface area contributed by atoms with E-state index in [0.717, 1.165) is 5.56 Å². The van der Waals surface area contributed by atoms with Crippen molar-refractivity contribution in [2.75, 3.05) is 18.8 Å². The summed E-state index contributed by atoms with van der Waals surface area (Å²) in [7, 11) is -3.52. The number of sulfone groups is 1. The number of carbonyl (C=O) groups excluding carboxylic acids is 1. The van der Waals surface area contributed by atoms with Gasteiger partial charge in [-0.25, -0.2) is 12.8 Å². The molecule has 2 aromatic rings. The maximum absolute atomic E-state index is 14.0. The van der Waals surface area contributed by atoms with Crippen molar-refractivity contribution in [1.82, 2.24) is 9.88 Å². The average Bonchev–Trinajstić information content (AvgIpc) is 2.75. The minimum atomic E-state index is -3.52. The molecule has 0 spiro atoms. The van der Waals surface area contributed by atoms with Gasteiger partial charge in [-0.1, -0.05) is 24.3 Å². The Kier molecular flexibility index (Phi) is 5.13. The van der Waals surface area contributed by atoms with Crippen molar-refractivity contribution in [3.8, 4) is 0 Å². The van der Waals surface area contributed by atoms with E-state index >= 15 is 0 Å². The zero-order chi connectivity index (χ0) is 17.9. The summed E-state index contributed by atoms with van der Waals surface area (Å²) in [6, 6.07) is 9.49. The molecule has 0 radical (unpaired) electrons. The monoisotopic (exact) mass is 362 g/mol.